The molecular formula is H12Mo2N2O7. The van der Waals surface area contributed by atoms with Crippen LogP contribution in [0.2, 0.25) is 0 Å². The molecule has 0 saturated heterocycles. The van der Waals surface area contributed by atoms with Crippen molar-refractivity contribution >= 4 is 0 Å². The maximum atomic E-state index is 0. The first-order valence-electron chi connectivity index (χ1n) is 0. The van der Waals surface area contributed by atoms with E-state index in [1.54, 1.807) is 0 Å². The van der Waals surface area contributed by atoms with E-state index in [9.17, 15) is 0 Å². The molecule has 0 saturated carbocycles. The van der Waals surface area contributed by atoms with Gasteiger partial charge in [0.2, 0.25) is 0 Å². The molecule has 11 heavy (non-hydrogen) atoms. The Hall–Kier alpha value is 1.02. The Morgan fingerprint density at radius 2 is 0.364 bits per heavy atom. The van der Waals surface area contributed by atoms with E-state index in [1.807, 2.05) is 0 Å². The normalized spacial score (nSPS) is 0. The van der Waals surface area contributed by atoms with Crippen LogP contribution < -0.4 is 12.3 Å². The number of rotatable bonds is 0. The zero-order chi connectivity index (χ0) is 0. The minimum Gasteiger partial charge on any atom is -2.00 e. The molecule has 0 radical (unpaired) electrons. The van der Waals surface area contributed by atoms with Crippen LogP contribution in [0.25, 0.3) is 0 Å². The van der Waals surface area contributed by atoms with E-state index in [0.29, 0.717) is 0 Å². The molecule has 0 bridgehead atoms. The standard InChI is InChI=1S/2Mo.2H3N.6H2O.O/h;;2*1H3;6*1H2;/q2*+4;;;;;;;;;-2/p-6. The van der Waals surface area contributed by atoms with E-state index in [4.69, 9.17) is 0 Å². The first kappa shape index (κ1) is 1410. The minimum absolute atomic E-state index is 0. The Morgan fingerprint density at radius 1 is 0.364 bits per heavy atom. The van der Waals surface area contributed by atoms with Gasteiger partial charge in [0.25, 0.3) is 0 Å². The fourth-order valence-electron chi connectivity index (χ4n) is 0. The third kappa shape index (κ3) is 867. The van der Waals surface area contributed by atoms with E-state index >= 15 is 0 Å². The molecule has 0 spiro atoms. The summed E-state index contributed by atoms with van der Waals surface area (Å²) in [6.45, 7) is 0. The van der Waals surface area contributed by atoms with Crippen molar-refractivity contribution in [1.29, 1.82) is 0 Å². The van der Waals surface area contributed by atoms with E-state index in [2.05, 4.69) is 0 Å². The van der Waals surface area contributed by atoms with Crippen molar-refractivity contribution in [2.45, 2.75) is 0 Å². The molecule has 12 N–H and O–H groups in total. The van der Waals surface area contributed by atoms with Gasteiger partial charge in [0.05, 0.1) is 0 Å². The van der Waals surface area contributed by atoms with E-state index in [0.717, 1.165) is 0 Å². The molecule has 0 aromatic heterocycles. The minimum atomic E-state index is 0. The molecule has 0 atom stereocenters. The van der Waals surface area contributed by atoms with Gasteiger partial charge in [-0.25, -0.2) is 0 Å². The van der Waals surface area contributed by atoms with Crippen molar-refractivity contribution in [3.05, 3.63) is 0 Å². The number of hydrogen-bond acceptors (Lipinski definition) is 8. The van der Waals surface area contributed by atoms with Gasteiger partial charge in [-0.15, -0.1) is 0 Å². The average molecular weight is 344 g/mol. The van der Waals surface area contributed by atoms with Gasteiger partial charge in [0, 0.05) is 0 Å². The molecule has 0 aliphatic carbocycles. The largest absolute Gasteiger partial charge is 4.00 e. The molecule has 76 valence electrons. The molecule has 0 aromatic carbocycles. The zero-order valence-corrected chi connectivity index (χ0v) is 9.34. The molecule has 0 aliphatic rings. The summed E-state index contributed by atoms with van der Waals surface area (Å²) in [6.07, 6.45) is 0. The predicted molar refractivity (Wildman–Crippen MR) is 22.3 cm³/mol. The summed E-state index contributed by atoms with van der Waals surface area (Å²) in [7, 11) is 0. The van der Waals surface area contributed by atoms with Crippen molar-refractivity contribution in [3.8, 4) is 0 Å². The molecule has 0 rings (SSSR count). The van der Waals surface area contributed by atoms with Crippen LogP contribution in [-0.4, -0.2) is 32.9 Å². The molecule has 9 nitrogen and oxygen atoms in total. The van der Waals surface area contributed by atoms with E-state index in [-0.39, 0.29) is 92.8 Å². The van der Waals surface area contributed by atoms with Crippen LogP contribution in [0, 0.1) is 0 Å². The van der Waals surface area contributed by atoms with Gasteiger partial charge in [-0.2, -0.15) is 0 Å². The van der Waals surface area contributed by atoms with Gasteiger partial charge < -0.3 is 50.6 Å². The van der Waals surface area contributed by atoms with Crippen molar-refractivity contribution in [2.75, 3.05) is 0 Å². The van der Waals surface area contributed by atoms with Gasteiger partial charge in [-0.3, -0.25) is 0 Å². The van der Waals surface area contributed by atoms with Gasteiger partial charge >= 0.3 is 42.1 Å². The first-order valence-corrected chi connectivity index (χ1v) is 0. The smallest absolute Gasteiger partial charge is 2.00 e. The molecule has 0 heterocycles. The molecule has 0 amide bonds. The van der Waals surface area contributed by atoms with Crippen molar-refractivity contribution < 1.29 is 80.5 Å². The fraction of sp³-hybridized carbons (Fsp3) is 0. The molecule has 0 unspecified atom stereocenters. The van der Waals surface area contributed by atoms with Crippen LogP contribution in [-0.2, 0) is 47.6 Å². The SMILES string of the molecule is N.N.[Mo+4].[Mo+4].[O-2].[OH-].[OH-].[OH-].[OH-].[OH-].[OH-]. The number of hydrogen-bond donors (Lipinski definition) is 2. The quantitative estimate of drug-likeness (QED) is 0.519. The second kappa shape index (κ2) is 1070. The second-order valence-corrected chi connectivity index (χ2v) is 0. The Balaban J connectivity index is 0. The summed E-state index contributed by atoms with van der Waals surface area (Å²) in [5.74, 6) is 0. The van der Waals surface area contributed by atoms with Crippen LogP contribution in [0.4, 0.5) is 0 Å². The van der Waals surface area contributed by atoms with Gasteiger partial charge in [-0.1, -0.05) is 0 Å². The topological polar surface area (TPSA) is 278 Å². The summed E-state index contributed by atoms with van der Waals surface area (Å²) in [5, 5.41) is 0. The third-order valence-corrected chi connectivity index (χ3v) is 0. The van der Waals surface area contributed by atoms with Crippen LogP contribution in [0.15, 0.2) is 0 Å². The fourth-order valence-corrected chi connectivity index (χ4v) is 0. The van der Waals surface area contributed by atoms with Gasteiger partial charge in [0.1, 0.15) is 0 Å². The van der Waals surface area contributed by atoms with Crippen molar-refractivity contribution in [3.63, 3.8) is 0 Å². The van der Waals surface area contributed by atoms with Crippen LogP contribution >= 0.6 is 0 Å². The zero-order valence-electron chi connectivity index (χ0n) is 5.32. The van der Waals surface area contributed by atoms with E-state index in [1.165, 1.54) is 0 Å². The van der Waals surface area contributed by atoms with Crippen LogP contribution in [0.5, 0.6) is 0 Å². The van der Waals surface area contributed by atoms with E-state index < -0.39 is 0 Å². The predicted octanol–water partition coefficient (Wildman–Crippen LogP) is -0.861. The Morgan fingerprint density at radius 3 is 0.364 bits per heavy atom. The summed E-state index contributed by atoms with van der Waals surface area (Å²) < 4.78 is 0. The van der Waals surface area contributed by atoms with Crippen molar-refractivity contribution in [1.82, 2.24) is 12.3 Å². The Kier molecular flexibility index (Phi) is 137000. The summed E-state index contributed by atoms with van der Waals surface area (Å²) in [6, 6.07) is 0. The molecule has 0 aromatic rings. The first-order chi connectivity index (χ1) is 0. The Bertz CT molecular complexity index is 14.4. The molecular weight excluding hydrogens is 332 g/mol. The molecule has 0 fully saturated rings. The Labute approximate surface area is 92.8 Å². The monoisotopic (exact) mass is 348 g/mol. The van der Waals surface area contributed by atoms with Crippen molar-refractivity contribution in [2.24, 2.45) is 0 Å². The maximum absolute atomic E-state index is 0. The summed E-state index contributed by atoms with van der Waals surface area (Å²) in [4.78, 5) is 0. The van der Waals surface area contributed by atoms with Gasteiger partial charge in [0.15, 0.2) is 0 Å². The second-order valence-electron chi connectivity index (χ2n) is 0. The molecule has 11 heteroatoms. The van der Waals surface area contributed by atoms with Crippen LogP contribution in [0.1, 0.15) is 0 Å². The summed E-state index contributed by atoms with van der Waals surface area (Å²) in [5.41, 5.74) is 0. The van der Waals surface area contributed by atoms with Gasteiger partial charge in [-0.05, 0) is 0 Å². The third-order valence-electron chi connectivity index (χ3n) is 0. The average Bonchev–Trinajstić information content (AvgIpc) is 0. The van der Waals surface area contributed by atoms with Crippen LogP contribution in [0.3, 0.4) is 0 Å². The molecule has 0 aliphatic heterocycles. The summed E-state index contributed by atoms with van der Waals surface area (Å²) >= 11 is 0. The maximum Gasteiger partial charge on any atom is 4.00 e.